The van der Waals surface area contributed by atoms with Crippen molar-refractivity contribution in [3.05, 3.63) is 66.7 Å². The Morgan fingerprint density at radius 3 is 1.95 bits per heavy atom. The summed E-state index contributed by atoms with van der Waals surface area (Å²) in [6.07, 6.45) is 0. The van der Waals surface area contributed by atoms with Crippen LogP contribution in [0.5, 0.6) is 0 Å². The van der Waals surface area contributed by atoms with Crippen LogP contribution in [-0.4, -0.2) is 13.3 Å². The number of rotatable bonds is 3. The molecular formula is C19H21GeN. The third kappa shape index (κ3) is 3.30. The van der Waals surface area contributed by atoms with E-state index in [1.807, 2.05) is 0 Å². The average molecular weight is 336 g/mol. The topological polar surface area (TPSA) is 12.0 Å². The van der Waals surface area contributed by atoms with Gasteiger partial charge in [-0.2, -0.15) is 0 Å². The van der Waals surface area contributed by atoms with Gasteiger partial charge in [0.1, 0.15) is 0 Å². The van der Waals surface area contributed by atoms with Crippen LogP contribution in [0.15, 0.2) is 66.7 Å². The standard InChI is InChI=1S/C19H21GeN/c1-20(2,3)17-9-12-18(13-10-17)21-19-11-8-15-6-4-5-7-16(15)14-19/h4-14,21H,1-3H3. The van der Waals surface area contributed by atoms with Gasteiger partial charge < -0.3 is 0 Å². The summed E-state index contributed by atoms with van der Waals surface area (Å²) >= 11 is -1.71. The summed E-state index contributed by atoms with van der Waals surface area (Å²) in [5.74, 6) is 7.27. The van der Waals surface area contributed by atoms with Crippen molar-refractivity contribution in [1.29, 1.82) is 0 Å². The summed E-state index contributed by atoms with van der Waals surface area (Å²) in [6, 6.07) is 23.9. The summed E-state index contributed by atoms with van der Waals surface area (Å²) < 4.78 is 1.54. The van der Waals surface area contributed by atoms with Gasteiger partial charge in [-0.1, -0.05) is 0 Å². The molecule has 1 N–H and O–H groups in total. The molecule has 0 atom stereocenters. The van der Waals surface area contributed by atoms with E-state index in [1.165, 1.54) is 10.8 Å². The third-order valence-corrected chi connectivity index (χ3v) is 8.12. The van der Waals surface area contributed by atoms with E-state index in [0.717, 1.165) is 11.4 Å². The van der Waals surface area contributed by atoms with Gasteiger partial charge >= 0.3 is 129 Å². The van der Waals surface area contributed by atoms with Gasteiger partial charge in [-0.25, -0.2) is 0 Å². The summed E-state index contributed by atoms with van der Waals surface area (Å²) in [5.41, 5.74) is 2.29. The molecule has 3 aromatic carbocycles. The zero-order valence-corrected chi connectivity index (χ0v) is 14.9. The molecule has 0 fully saturated rings. The Hall–Kier alpha value is -1.74. The number of hydrogen-bond acceptors (Lipinski definition) is 1. The van der Waals surface area contributed by atoms with E-state index in [4.69, 9.17) is 0 Å². The maximum atomic E-state index is 3.50. The number of anilines is 2. The Morgan fingerprint density at radius 1 is 0.667 bits per heavy atom. The van der Waals surface area contributed by atoms with E-state index >= 15 is 0 Å². The van der Waals surface area contributed by atoms with Crippen molar-refractivity contribution in [3.8, 4) is 0 Å². The van der Waals surface area contributed by atoms with Crippen molar-refractivity contribution in [1.82, 2.24) is 0 Å². The molecule has 3 aromatic rings. The average Bonchev–Trinajstić information content (AvgIpc) is 2.47. The van der Waals surface area contributed by atoms with E-state index < -0.39 is 13.3 Å². The Bertz CT molecular complexity index is 754. The monoisotopic (exact) mass is 337 g/mol. The quantitative estimate of drug-likeness (QED) is 0.654. The van der Waals surface area contributed by atoms with E-state index in [9.17, 15) is 0 Å². The molecule has 0 unspecified atom stereocenters. The molecule has 0 aliphatic heterocycles. The zero-order valence-electron chi connectivity index (χ0n) is 12.9. The van der Waals surface area contributed by atoms with Gasteiger partial charge in [0, 0.05) is 0 Å². The van der Waals surface area contributed by atoms with Crippen molar-refractivity contribution < 1.29 is 0 Å². The molecule has 1 nitrogen and oxygen atoms in total. The van der Waals surface area contributed by atoms with Gasteiger partial charge in [-0.3, -0.25) is 0 Å². The second-order valence-electron chi connectivity index (χ2n) is 6.51. The molecule has 0 aromatic heterocycles. The van der Waals surface area contributed by atoms with Gasteiger partial charge in [0.25, 0.3) is 0 Å². The number of hydrogen-bond donors (Lipinski definition) is 1. The van der Waals surface area contributed by atoms with Crippen molar-refractivity contribution in [2.45, 2.75) is 17.3 Å². The van der Waals surface area contributed by atoms with E-state index in [2.05, 4.69) is 89.3 Å². The van der Waals surface area contributed by atoms with Crippen LogP contribution in [0.1, 0.15) is 0 Å². The SMILES string of the molecule is [CH3][Ge]([CH3])([CH3])[c]1ccc(Nc2ccc3ccccc3c2)cc1. The second kappa shape index (κ2) is 5.57. The molecule has 0 spiro atoms. The van der Waals surface area contributed by atoms with E-state index in [0.29, 0.717) is 0 Å². The van der Waals surface area contributed by atoms with Gasteiger partial charge in [0.2, 0.25) is 0 Å². The van der Waals surface area contributed by atoms with Crippen LogP contribution in [0, 0.1) is 0 Å². The van der Waals surface area contributed by atoms with Crippen LogP contribution in [0.2, 0.25) is 17.3 Å². The molecule has 2 heteroatoms. The first-order valence-corrected chi connectivity index (χ1v) is 14.7. The molecule has 0 heterocycles. The normalized spacial score (nSPS) is 11.6. The van der Waals surface area contributed by atoms with Crippen LogP contribution in [0.3, 0.4) is 0 Å². The van der Waals surface area contributed by atoms with Gasteiger partial charge in [0.05, 0.1) is 0 Å². The van der Waals surface area contributed by atoms with Crippen molar-refractivity contribution in [2.24, 2.45) is 0 Å². The van der Waals surface area contributed by atoms with Crippen LogP contribution < -0.4 is 9.71 Å². The Morgan fingerprint density at radius 2 is 1.29 bits per heavy atom. The molecule has 0 saturated carbocycles. The molecule has 0 bridgehead atoms. The number of benzene rings is 3. The maximum absolute atomic E-state index is 3.50. The zero-order chi connectivity index (χ0) is 14.9. The van der Waals surface area contributed by atoms with Gasteiger partial charge in [-0.15, -0.1) is 0 Å². The molecular weight excluding hydrogens is 315 g/mol. The van der Waals surface area contributed by atoms with Crippen molar-refractivity contribution in [2.75, 3.05) is 5.32 Å². The number of fused-ring (bicyclic) bond motifs is 1. The number of nitrogens with one attached hydrogen (secondary N) is 1. The van der Waals surface area contributed by atoms with E-state index in [1.54, 1.807) is 4.40 Å². The molecule has 0 radical (unpaired) electrons. The second-order valence-corrected chi connectivity index (χ2v) is 17.2. The molecule has 21 heavy (non-hydrogen) atoms. The molecule has 106 valence electrons. The Labute approximate surface area is 129 Å². The predicted molar refractivity (Wildman–Crippen MR) is 96.7 cm³/mol. The summed E-state index contributed by atoms with van der Waals surface area (Å²) in [6.45, 7) is 0. The fraction of sp³-hybridized carbons (Fsp3) is 0.158. The Kier molecular flexibility index (Phi) is 3.77. The predicted octanol–water partition coefficient (Wildman–Crippen LogP) is 5.13. The first-order chi connectivity index (χ1) is 10.0. The summed E-state index contributed by atoms with van der Waals surface area (Å²) in [7, 11) is 0. The summed E-state index contributed by atoms with van der Waals surface area (Å²) in [5, 5.41) is 6.04. The molecule has 0 aliphatic carbocycles. The fourth-order valence-corrected chi connectivity index (χ4v) is 4.94. The van der Waals surface area contributed by atoms with E-state index in [-0.39, 0.29) is 0 Å². The van der Waals surface area contributed by atoms with Crippen LogP contribution in [0.25, 0.3) is 10.8 Å². The molecule has 0 aliphatic rings. The first kappa shape index (κ1) is 14.2. The van der Waals surface area contributed by atoms with Crippen LogP contribution >= 0.6 is 0 Å². The molecule has 0 saturated heterocycles. The van der Waals surface area contributed by atoms with Crippen molar-refractivity contribution in [3.63, 3.8) is 0 Å². The Balaban J connectivity index is 1.84. The fourth-order valence-electron chi connectivity index (χ4n) is 2.49. The van der Waals surface area contributed by atoms with Crippen LogP contribution in [-0.2, 0) is 0 Å². The van der Waals surface area contributed by atoms with Gasteiger partial charge in [-0.05, 0) is 0 Å². The molecule has 0 amide bonds. The third-order valence-electron chi connectivity index (χ3n) is 3.79. The summed E-state index contributed by atoms with van der Waals surface area (Å²) in [4.78, 5) is 0. The minimum atomic E-state index is -1.71. The van der Waals surface area contributed by atoms with Crippen molar-refractivity contribution >= 4 is 39.8 Å². The molecule has 3 rings (SSSR count). The first-order valence-electron chi connectivity index (χ1n) is 7.39. The van der Waals surface area contributed by atoms with Crippen LogP contribution in [0.4, 0.5) is 11.4 Å². The van der Waals surface area contributed by atoms with Gasteiger partial charge in [0.15, 0.2) is 0 Å². The minimum absolute atomic E-state index is 1.14.